The molecule has 6 nitrogen and oxygen atoms in total. The summed E-state index contributed by atoms with van der Waals surface area (Å²) >= 11 is 6.14. The van der Waals surface area contributed by atoms with Crippen LogP contribution in [0.2, 0.25) is 5.02 Å². The number of halogens is 2. The third-order valence-corrected chi connectivity index (χ3v) is 4.42. The Morgan fingerprint density at radius 2 is 2.07 bits per heavy atom. The number of hydrogen-bond donors (Lipinski definition) is 3. The number of carbonyl (C=O) groups excluding carboxylic acids is 1. The van der Waals surface area contributed by atoms with Crippen LogP contribution < -0.4 is 16.0 Å². The maximum atomic E-state index is 13.7. The summed E-state index contributed by atoms with van der Waals surface area (Å²) in [7, 11) is 0. The van der Waals surface area contributed by atoms with E-state index in [1.54, 1.807) is 18.2 Å². The van der Waals surface area contributed by atoms with E-state index in [4.69, 9.17) is 11.6 Å². The first kappa shape index (κ1) is 17.2. The predicted octanol–water partition coefficient (Wildman–Crippen LogP) is 4.12. The molecule has 0 spiro atoms. The van der Waals surface area contributed by atoms with E-state index >= 15 is 0 Å². The minimum absolute atomic E-state index is 0.0236. The zero-order valence-corrected chi connectivity index (χ0v) is 14.8. The van der Waals surface area contributed by atoms with Crippen LogP contribution in [0, 0.1) is 5.82 Å². The average molecular weight is 384 g/mol. The van der Waals surface area contributed by atoms with Gasteiger partial charge in [0, 0.05) is 23.5 Å². The molecular formula is C19H15ClFN5O. The van der Waals surface area contributed by atoms with Crippen molar-refractivity contribution >= 4 is 40.6 Å². The number of rotatable bonds is 5. The van der Waals surface area contributed by atoms with Gasteiger partial charge in [0.1, 0.15) is 10.8 Å². The van der Waals surface area contributed by atoms with Crippen molar-refractivity contribution in [2.45, 2.75) is 13.0 Å². The molecule has 1 aliphatic rings. The van der Waals surface area contributed by atoms with Crippen LogP contribution in [-0.4, -0.2) is 15.9 Å². The van der Waals surface area contributed by atoms with Crippen LogP contribution in [0.4, 0.5) is 27.5 Å². The second-order valence-electron chi connectivity index (χ2n) is 6.06. The lowest BCUT2D eigenvalue weighted by molar-refractivity contribution is -0.115. The second kappa shape index (κ2) is 7.20. The molecule has 2 aromatic carbocycles. The lowest BCUT2D eigenvalue weighted by Crippen LogP contribution is -2.06. The third-order valence-electron chi connectivity index (χ3n) is 4.14. The number of carbonyl (C=O) groups is 1. The summed E-state index contributed by atoms with van der Waals surface area (Å²) in [4.78, 5) is 20.0. The van der Waals surface area contributed by atoms with Gasteiger partial charge in [0.05, 0.1) is 12.6 Å². The number of anilines is 4. The highest BCUT2D eigenvalue weighted by molar-refractivity contribution is 6.32. The van der Waals surface area contributed by atoms with Crippen LogP contribution in [0.25, 0.3) is 0 Å². The fourth-order valence-electron chi connectivity index (χ4n) is 2.79. The number of amides is 1. The van der Waals surface area contributed by atoms with Gasteiger partial charge in [-0.1, -0.05) is 35.9 Å². The van der Waals surface area contributed by atoms with Crippen molar-refractivity contribution in [2.24, 2.45) is 0 Å². The summed E-state index contributed by atoms with van der Waals surface area (Å²) in [5, 5.41) is 9.23. The molecule has 0 saturated carbocycles. The van der Waals surface area contributed by atoms with Crippen molar-refractivity contribution in [3.8, 4) is 0 Å². The van der Waals surface area contributed by atoms with Gasteiger partial charge in [-0.25, -0.2) is 9.37 Å². The minimum Gasteiger partial charge on any atom is -0.364 e. The van der Waals surface area contributed by atoms with E-state index in [1.807, 2.05) is 18.2 Å². The van der Waals surface area contributed by atoms with Gasteiger partial charge in [-0.05, 0) is 23.8 Å². The van der Waals surface area contributed by atoms with Gasteiger partial charge in [-0.2, -0.15) is 4.98 Å². The topological polar surface area (TPSA) is 78.9 Å². The van der Waals surface area contributed by atoms with Crippen molar-refractivity contribution in [3.63, 3.8) is 0 Å². The number of benzene rings is 2. The van der Waals surface area contributed by atoms with Crippen LogP contribution in [0.1, 0.15) is 11.1 Å². The molecule has 1 aromatic heterocycles. The Morgan fingerprint density at radius 1 is 1.22 bits per heavy atom. The molecule has 3 aromatic rings. The highest BCUT2D eigenvalue weighted by atomic mass is 35.5. The van der Waals surface area contributed by atoms with Gasteiger partial charge in [-0.15, -0.1) is 0 Å². The molecule has 0 atom stereocenters. The standard InChI is InChI=1S/C19H15ClFN5O/c20-14-10-23-19(24-13-6-5-11-7-17(27)25-16(11)8-13)26-18(14)22-9-12-3-1-2-4-15(12)21/h1-6,8,10H,7,9H2,(H,25,27)(H2,22,23,24,26). The van der Waals surface area contributed by atoms with Crippen molar-refractivity contribution in [1.29, 1.82) is 0 Å². The van der Waals surface area contributed by atoms with Crippen LogP contribution >= 0.6 is 11.6 Å². The first-order valence-corrected chi connectivity index (χ1v) is 8.66. The molecule has 1 aliphatic heterocycles. The summed E-state index contributed by atoms with van der Waals surface area (Å²) in [5.41, 5.74) is 2.97. The molecule has 0 bridgehead atoms. The smallest absolute Gasteiger partial charge is 0.229 e. The summed E-state index contributed by atoms with van der Waals surface area (Å²) in [5.74, 6) is 0.407. The van der Waals surface area contributed by atoms with Gasteiger partial charge in [0.15, 0.2) is 5.82 Å². The summed E-state index contributed by atoms with van der Waals surface area (Å²) < 4.78 is 13.7. The molecule has 3 N–H and O–H groups in total. The van der Waals surface area contributed by atoms with E-state index in [0.717, 1.165) is 16.9 Å². The predicted molar refractivity (Wildman–Crippen MR) is 103 cm³/mol. The number of nitrogens with zero attached hydrogens (tertiary/aromatic N) is 2. The largest absolute Gasteiger partial charge is 0.364 e. The lowest BCUT2D eigenvalue weighted by atomic mass is 10.1. The maximum Gasteiger partial charge on any atom is 0.229 e. The number of hydrogen-bond acceptors (Lipinski definition) is 5. The number of aromatic nitrogens is 2. The van der Waals surface area contributed by atoms with Crippen molar-refractivity contribution in [3.05, 3.63) is 70.6 Å². The van der Waals surface area contributed by atoms with Crippen LogP contribution in [0.3, 0.4) is 0 Å². The molecule has 0 aliphatic carbocycles. The Balaban J connectivity index is 1.50. The van der Waals surface area contributed by atoms with E-state index in [2.05, 4.69) is 25.9 Å². The highest BCUT2D eigenvalue weighted by Crippen LogP contribution is 2.28. The Bertz CT molecular complexity index is 1030. The summed E-state index contributed by atoms with van der Waals surface area (Å²) in [6.45, 7) is 0.244. The Hall–Kier alpha value is -3.19. The SMILES string of the molecule is O=C1Cc2ccc(Nc3ncc(Cl)c(NCc4ccccc4F)n3)cc2N1. The molecule has 0 saturated heterocycles. The fourth-order valence-corrected chi connectivity index (χ4v) is 2.95. The van der Waals surface area contributed by atoms with Gasteiger partial charge in [0.2, 0.25) is 11.9 Å². The summed E-state index contributed by atoms with van der Waals surface area (Å²) in [6.07, 6.45) is 1.85. The first-order valence-electron chi connectivity index (χ1n) is 8.28. The van der Waals surface area contributed by atoms with Crippen molar-refractivity contribution in [2.75, 3.05) is 16.0 Å². The van der Waals surface area contributed by atoms with E-state index < -0.39 is 0 Å². The van der Waals surface area contributed by atoms with Crippen LogP contribution in [-0.2, 0) is 17.8 Å². The van der Waals surface area contributed by atoms with E-state index in [9.17, 15) is 9.18 Å². The number of fused-ring (bicyclic) bond motifs is 1. The monoisotopic (exact) mass is 383 g/mol. The molecule has 8 heteroatoms. The Morgan fingerprint density at radius 3 is 2.93 bits per heavy atom. The Labute approximate surface area is 159 Å². The molecule has 0 fully saturated rings. The zero-order valence-electron chi connectivity index (χ0n) is 14.1. The summed E-state index contributed by atoms with van der Waals surface area (Å²) in [6, 6.07) is 12.0. The fraction of sp³-hybridized carbons (Fsp3) is 0.105. The second-order valence-corrected chi connectivity index (χ2v) is 6.46. The molecule has 2 heterocycles. The quantitative estimate of drug-likeness (QED) is 0.617. The van der Waals surface area contributed by atoms with Crippen molar-refractivity contribution < 1.29 is 9.18 Å². The van der Waals surface area contributed by atoms with Crippen LogP contribution in [0.15, 0.2) is 48.7 Å². The molecular weight excluding hydrogens is 369 g/mol. The van der Waals surface area contributed by atoms with E-state index in [1.165, 1.54) is 12.3 Å². The van der Waals surface area contributed by atoms with Gasteiger partial charge in [-0.3, -0.25) is 4.79 Å². The normalized spacial score (nSPS) is 12.4. The van der Waals surface area contributed by atoms with Crippen LogP contribution in [0.5, 0.6) is 0 Å². The highest BCUT2D eigenvalue weighted by Gasteiger charge is 2.17. The molecule has 0 radical (unpaired) electrons. The van der Waals surface area contributed by atoms with Crippen molar-refractivity contribution in [1.82, 2.24) is 9.97 Å². The van der Waals surface area contributed by atoms with Gasteiger partial charge < -0.3 is 16.0 Å². The zero-order chi connectivity index (χ0) is 18.8. The first-order chi connectivity index (χ1) is 13.1. The molecule has 136 valence electrons. The van der Waals surface area contributed by atoms with E-state index in [-0.39, 0.29) is 18.3 Å². The molecule has 27 heavy (non-hydrogen) atoms. The lowest BCUT2D eigenvalue weighted by Gasteiger charge is -2.11. The minimum atomic E-state index is -0.297. The molecule has 1 amide bonds. The molecule has 4 rings (SSSR count). The maximum absolute atomic E-state index is 13.7. The molecule has 0 unspecified atom stereocenters. The van der Waals surface area contributed by atoms with E-state index in [0.29, 0.717) is 28.8 Å². The average Bonchev–Trinajstić information content (AvgIpc) is 3.02. The van der Waals surface area contributed by atoms with Gasteiger partial charge in [0.25, 0.3) is 0 Å². The third kappa shape index (κ3) is 3.83. The van der Waals surface area contributed by atoms with Gasteiger partial charge >= 0.3 is 0 Å². The Kier molecular flexibility index (Phi) is 4.60. The number of nitrogens with one attached hydrogen (secondary N) is 3.